The van der Waals surface area contributed by atoms with Crippen molar-refractivity contribution in [1.29, 1.82) is 0 Å². The van der Waals surface area contributed by atoms with E-state index in [-0.39, 0.29) is 12.4 Å². The highest BCUT2D eigenvalue weighted by molar-refractivity contribution is 6.30. The summed E-state index contributed by atoms with van der Waals surface area (Å²) in [6, 6.07) is 9.46. The van der Waals surface area contributed by atoms with Crippen LogP contribution < -0.4 is 0 Å². The van der Waals surface area contributed by atoms with E-state index < -0.39 is 6.10 Å². The molecule has 5 heteroatoms. The highest BCUT2D eigenvalue weighted by atomic mass is 35.5. The molecular formula is C19H23ClFNO2. The topological polar surface area (TPSA) is 43.7 Å². The molecule has 1 atom stereocenters. The Bertz CT molecular complexity index is 691. The maximum absolute atomic E-state index is 13.8. The summed E-state index contributed by atoms with van der Waals surface area (Å²) in [6.07, 6.45) is 0.722. The van der Waals surface area contributed by atoms with E-state index in [0.717, 1.165) is 13.0 Å². The first-order valence-corrected chi connectivity index (χ1v) is 8.32. The molecule has 0 aliphatic carbocycles. The van der Waals surface area contributed by atoms with E-state index in [1.54, 1.807) is 24.3 Å². The second-order valence-corrected chi connectivity index (χ2v) is 6.59. The van der Waals surface area contributed by atoms with Crippen molar-refractivity contribution in [3.8, 4) is 11.1 Å². The molecule has 24 heavy (non-hydrogen) atoms. The average molecular weight is 352 g/mol. The number of nitrogens with zero attached hydrogens (tertiary/aromatic N) is 1. The molecule has 0 aliphatic rings. The molecule has 0 saturated heterocycles. The van der Waals surface area contributed by atoms with Gasteiger partial charge in [0.05, 0.1) is 12.7 Å². The summed E-state index contributed by atoms with van der Waals surface area (Å²) in [4.78, 5) is 2.06. The molecule has 1 unspecified atom stereocenters. The first-order valence-electron chi connectivity index (χ1n) is 7.94. The van der Waals surface area contributed by atoms with Gasteiger partial charge in [0.1, 0.15) is 5.82 Å². The standard InChI is InChI=1S/C19H23ClFNO2/c1-22(2)9-3-4-19(24)17-8-6-15(21)11-18(17)16-7-5-14(20)10-13(16)12-23/h5-8,10-11,19,23-24H,3-4,9,12H2,1-2H3. The number of benzene rings is 2. The van der Waals surface area contributed by atoms with Gasteiger partial charge in [-0.25, -0.2) is 4.39 Å². The third kappa shape index (κ3) is 4.77. The van der Waals surface area contributed by atoms with Crippen molar-refractivity contribution >= 4 is 11.6 Å². The number of aliphatic hydroxyl groups excluding tert-OH is 2. The van der Waals surface area contributed by atoms with Crippen LogP contribution >= 0.6 is 11.6 Å². The fourth-order valence-electron chi connectivity index (χ4n) is 2.76. The number of aliphatic hydroxyl groups is 2. The van der Waals surface area contributed by atoms with Gasteiger partial charge in [-0.2, -0.15) is 0 Å². The summed E-state index contributed by atoms with van der Waals surface area (Å²) in [7, 11) is 3.97. The lowest BCUT2D eigenvalue weighted by atomic mass is 9.91. The van der Waals surface area contributed by atoms with E-state index in [1.165, 1.54) is 12.1 Å². The lowest BCUT2D eigenvalue weighted by molar-refractivity contribution is 0.160. The van der Waals surface area contributed by atoms with Gasteiger partial charge in [0.15, 0.2) is 0 Å². The summed E-state index contributed by atoms with van der Waals surface area (Å²) < 4.78 is 13.8. The first kappa shape index (κ1) is 18.9. The summed E-state index contributed by atoms with van der Waals surface area (Å²) >= 11 is 5.98. The number of hydrogen-bond acceptors (Lipinski definition) is 3. The highest BCUT2D eigenvalue weighted by Crippen LogP contribution is 2.34. The van der Waals surface area contributed by atoms with Gasteiger partial charge in [0.25, 0.3) is 0 Å². The molecule has 0 aromatic heterocycles. The smallest absolute Gasteiger partial charge is 0.123 e. The Balaban J connectivity index is 2.38. The monoisotopic (exact) mass is 351 g/mol. The predicted molar refractivity (Wildman–Crippen MR) is 95.5 cm³/mol. The zero-order chi connectivity index (χ0) is 17.7. The van der Waals surface area contributed by atoms with Crippen LogP contribution in [0.2, 0.25) is 5.02 Å². The molecular weight excluding hydrogens is 329 g/mol. The third-order valence-corrected chi connectivity index (χ3v) is 4.22. The molecule has 0 amide bonds. The van der Waals surface area contributed by atoms with Crippen molar-refractivity contribution < 1.29 is 14.6 Å². The highest BCUT2D eigenvalue weighted by Gasteiger charge is 2.17. The van der Waals surface area contributed by atoms with Gasteiger partial charge in [0, 0.05) is 5.02 Å². The Hall–Kier alpha value is -1.46. The van der Waals surface area contributed by atoms with Gasteiger partial charge in [0.2, 0.25) is 0 Å². The van der Waals surface area contributed by atoms with E-state index in [1.807, 2.05) is 14.1 Å². The van der Waals surface area contributed by atoms with Crippen molar-refractivity contribution in [1.82, 2.24) is 4.90 Å². The van der Waals surface area contributed by atoms with Crippen LogP contribution in [0.5, 0.6) is 0 Å². The van der Waals surface area contributed by atoms with Crippen LogP contribution in [-0.2, 0) is 6.61 Å². The van der Waals surface area contributed by atoms with Crippen molar-refractivity contribution in [3.05, 3.63) is 58.4 Å². The summed E-state index contributed by atoms with van der Waals surface area (Å²) in [6.45, 7) is 0.666. The predicted octanol–water partition coefficient (Wildman–Crippen LogP) is 4.01. The van der Waals surface area contributed by atoms with Crippen molar-refractivity contribution in [2.24, 2.45) is 0 Å². The lowest BCUT2D eigenvalue weighted by Crippen LogP contribution is -2.14. The molecule has 2 aromatic rings. The fraction of sp³-hybridized carbons (Fsp3) is 0.368. The summed E-state index contributed by atoms with van der Waals surface area (Å²) in [5, 5.41) is 20.6. The Labute approximate surface area is 147 Å². The average Bonchev–Trinajstić information content (AvgIpc) is 2.54. The molecule has 3 nitrogen and oxygen atoms in total. The fourth-order valence-corrected chi connectivity index (χ4v) is 2.96. The largest absolute Gasteiger partial charge is 0.392 e. The van der Waals surface area contributed by atoms with Crippen LogP contribution in [0, 0.1) is 5.82 Å². The maximum Gasteiger partial charge on any atom is 0.123 e. The molecule has 0 saturated carbocycles. The van der Waals surface area contributed by atoms with Crippen LogP contribution in [0.3, 0.4) is 0 Å². The van der Waals surface area contributed by atoms with Crippen LogP contribution in [-0.4, -0.2) is 35.8 Å². The molecule has 2 aromatic carbocycles. The van der Waals surface area contributed by atoms with E-state index in [0.29, 0.717) is 33.7 Å². The number of rotatable bonds is 7. The minimum Gasteiger partial charge on any atom is -0.392 e. The van der Waals surface area contributed by atoms with Crippen molar-refractivity contribution in [2.45, 2.75) is 25.6 Å². The molecule has 2 N–H and O–H groups in total. The Kier molecular flexibility index (Phi) is 6.75. The van der Waals surface area contributed by atoms with E-state index in [2.05, 4.69) is 4.90 Å². The van der Waals surface area contributed by atoms with Gasteiger partial charge < -0.3 is 15.1 Å². The SMILES string of the molecule is CN(C)CCCC(O)c1ccc(F)cc1-c1ccc(Cl)cc1CO. The van der Waals surface area contributed by atoms with Gasteiger partial charge >= 0.3 is 0 Å². The minimum absolute atomic E-state index is 0.206. The van der Waals surface area contributed by atoms with E-state index >= 15 is 0 Å². The third-order valence-electron chi connectivity index (χ3n) is 3.99. The normalized spacial score (nSPS) is 12.6. The Morgan fingerprint density at radius 2 is 1.88 bits per heavy atom. The quantitative estimate of drug-likeness (QED) is 0.792. The Morgan fingerprint density at radius 3 is 2.54 bits per heavy atom. The van der Waals surface area contributed by atoms with E-state index in [9.17, 15) is 14.6 Å². The molecule has 0 fully saturated rings. The maximum atomic E-state index is 13.8. The van der Waals surface area contributed by atoms with Crippen LogP contribution in [0.25, 0.3) is 11.1 Å². The molecule has 0 radical (unpaired) electrons. The second kappa shape index (κ2) is 8.58. The van der Waals surface area contributed by atoms with Gasteiger partial charge in [-0.05, 0) is 80.0 Å². The minimum atomic E-state index is -0.692. The molecule has 130 valence electrons. The molecule has 0 bridgehead atoms. The van der Waals surface area contributed by atoms with Crippen molar-refractivity contribution in [3.63, 3.8) is 0 Å². The van der Waals surface area contributed by atoms with Gasteiger partial charge in [-0.15, -0.1) is 0 Å². The zero-order valence-electron chi connectivity index (χ0n) is 14.0. The molecule has 0 spiro atoms. The lowest BCUT2D eigenvalue weighted by Gasteiger charge is -2.19. The summed E-state index contributed by atoms with van der Waals surface area (Å²) in [5.41, 5.74) is 2.54. The summed E-state index contributed by atoms with van der Waals surface area (Å²) in [5.74, 6) is -0.381. The molecule has 0 heterocycles. The number of hydrogen-bond donors (Lipinski definition) is 2. The van der Waals surface area contributed by atoms with E-state index in [4.69, 9.17) is 11.6 Å². The second-order valence-electron chi connectivity index (χ2n) is 6.15. The van der Waals surface area contributed by atoms with Crippen LogP contribution in [0.15, 0.2) is 36.4 Å². The molecule has 2 rings (SSSR count). The Morgan fingerprint density at radius 1 is 1.12 bits per heavy atom. The van der Waals surface area contributed by atoms with Crippen molar-refractivity contribution in [2.75, 3.05) is 20.6 Å². The van der Waals surface area contributed by atoms with Gasteiger partial charge in [-0.3, -0.25) is 0 Å². The molecule has 0 aliphatic heterocycles. The first-order chi connectivity index (χ1) is 11.4. The van der Waals surface area contributed by atoms with Gasteiger partial charge in [-0.1, -0.05) is 23.7 Å². The number of halogens is 2. The van der Waals surface area contributed by atoms with Crippen LogP contribution in [0.1, 0.15) is 30.1 Å². The zero-order valence-corrected chi connectivity index (χ0v) is 14.7. The van der Waals surface area contributed by atoms with Crippen LogP contribution in [0.4, 0.5) is 4.39 Å².